The summed E-state index contributed by atoms with van der Waals surface area (Å²) in [5.74, 6) is -0.512. The molecule has 4 rings (SSSR count). The highest BCUT2D eigenvalue weighted by atomic mass is 16.4. The number of carbonyl (C=O) groups is 2. The molecule has 1 fully saturated rings. The van der Waals surface area contributed by atoms with Crippen LogP contribution in [0.15, 0.2) is 52.9 Å². The topological polar surface area (TPSA) is 108 Å². The number of phenolic OH excluding ortho intramolecular Hbond substituents is 1. The summed E-state index contributed by atoms with van der Waals surface area (Å²) in [6.45, 7) is 2.04. The zero-order valence-corrected chi connectivity index (χ0v) is 16.5. The van der Waals surface area contributed by atoms with E-state index in [4.69, 9.17) is 4.42 Å². The van der Waals surface area contributed by atoms with Crippen molar-refractivity contribution in [3.63, 3.8) is 0 Å². The average molecular weight is 408 g/mol. The normalized spacial score (nSPS) is 14.6. The van der Waals surface area contributed by atoms with E-state index in [9.17, 15) is 14.7 Å². The highest BCUT2D eigenvalue weighted by molar-refractivity contribution is 5.96. The Morgan fingerprint density at radius 1 is 1.03 bits per heavy atom. The van der Waals surface area contributed by atoms with Crippen LogP contribution >= 0.6 is 0 Å². The molecule has 1 aliphatic rings. The van der Waals surface area contributed by atoms with E-state index in [1.54, 1.807) is 18.2 Å². The lowest BCUT2D eigenvalue weighted by Crippen LogP contribution is -2.42. The lowest BCUT2D eigenvalue weighted by molar-refractivity contribution is -0.125. The van der Waals surface area contributed by atoms with Crippen molar-refractivity contribution >= 4 is 28.9 Å². The van der Waals surface area contributed by atoms with Crippen LogP contribution in [0.3, 0.4) is 0 Å². The van der Waals surface area contributed by atoms with E-state index in [2.05, 4.69) is 20.5 Å². The Balaban J connectivity index is 1.20. The van der Waals surface area contributed by atoms with E-state index in [1.165, 1.54) is 6.07 Å². The van der Waals surface area contributed by atoms with Crippen LogP contribution in [0.1, 0.15) is 23.2 Å². The van der Waals surface area contributed by atoms with Crippen molar-refractivity contribution in [2.45, 2.75) is 12.8 Å². The number of carbonyl (C=O) groups excluding carboxylic acids is 2. The van der Waals surface area contributed by atoms with Gasteiger partial charge in [0, 0.05) is 32.1 Å². The minimum Gasteiger partial charge on any atom is -0.507 e. The summed E-state index contributed by atoms with van der Waals surface area (Å²) < 4.78 is 5.81. The molecule has 0 saturated carbocycles. The van der Waals surface area contributed by atoms with Gasteiger partial charge in [0.25, 0.3) is 11.9 Å². The van der Waals surface area contributed by atoms with Gasteiger partial charge in [-0.25, -0.2) is 0 Å². The third-order valence-electron chi connectivity index (χ3n) is 5.28. The molecular formula is C22H24N4O4. The number of aromatic nitrogens is 1. The number of fused-ring (bicyclic) bond motifs is 1. The molecule has 0 aliphatic carbocycles. The van der Waals surface area contributed by atoms with Crippen molar-refractivity contribution in [3.05, 3.63) is 54.1 Å². The van der Waals surface area contributed by atoms with Gasteiger partial charge in [0.15, 0.2) is 5.58 Å². The summed E-state index contributed by atoms with van der Waals surface area (Å²) in [5.41, 5.74) is 1.81. The predicted octanol–water partition coefficient (Wildman–Crippen LogP) is 2.30. The van der Waals surface area contributed by atoms with Crippen LogP contribution in [0, 0.1) is 5.92 Å². The first-order valence-electron chi connectivity index (χ1n) is 10.1. The van der Waals surface area contributed by atoms with Crippen molar-refractivity contribution in [1.82, 2.24) is 15.6 Å². The van der Waals surface area contributed by atoms with Crippen LogP contribution in [0.4, 0.5) is 6.01 Å². The average Bonchev–Trinajstić information content (AvgIpc) is 3.21. The van der Waals surface area contributed by atoms with E-state index in [0.717, 1.165) is 23.9 Å². The van der Waals surface area contributed by atoms with E-state index in [-0.39, 0.29) is 29.0 Å². The van der Waals surface area contributed by atoms with Crippen LogP contribution < -0.4 is 15.5 Å². The zero-order valence-electron chi connectivity index (χ0n) is 16.5. The molecule has 0 atom stereocenters. The summed E-state index contributed by atoms with van der Waals surface area (Å²) in [7, 11) is 0. The number of hydrogen-bond acceptors (Lipinski definition) is 6. The Morgan fingerprint density at radius 2 is 1.73 bits per heavy atom. The fourth-order valence-corrected chi connectivity index (χ4v) is 3.60. The number of aromatic hydroxyl groups is 1. The van der Waals surface area contributed by atoms with Crippen molar-refractivity contribution in [1.29, 1.82) is 0 Å². The Morgan fingerprint density at radius 3 is 2.50 bits per heavy atom. The summed E-state index contributed by atoms with van der Waals surface area (Å²) >= 11 is 0. The molecule has 1 saturated heterocycles. The highest BCUT2D eigenvalue weighted by Crippen LogP contribution is 2.26. The number of para-hydroxylation sites is 3. The minimum atomic E-state index is -0.367. The first-order chi connectivity index (χ1) is 14.6. The molecule has 0 radical (unpaired) electrons. The SMILES string of the molecule is O=C(NCCNC(=O)C1CCN(c2nc3ccccc3o2)CC1)c1ccccc1O. The Bertz CT molecular complexity index is 1010. The van der Waals surface area contributed by atoms with E-state index in [1.807, 2.05) is 24.3 Å². The number of piperidine rings is 1. The van der Waals surface area contributed by atoms with Gasteiger partial charge in [0.1, 0.15) is 11.3 Å². The molecule has 3 N–H and O–H groups in total. The molecular weight excluding hydrogens is 384 g/mol. The van der Waals surface area contributed by atoms with Gasteiger partial charge in [-0.15, -0.1) is 0 Å². The van der Waals surface area contributed by atoms with Crippen molar-refractivity contribution in [2.75, 3.05) is 31.1 Å². The first kappa shape index (κ1) is 19.8. The molecule has 8 nitrogen and oxygen atoms in total. The van der Waals surface area contributed by atoms with Crippen molar-refractivity contribution in [3.8, 4) is 5.75 Å². The number of anilines is 1. The van der Waals surface area contributed by atoms with Crippen molar-refractivity contribution < 1.29 is 19.1 Å². The molecule has 2 aromatic carbocycles. The second-order valence-corrected chi connectivity index (χ2v) is 7.29. The first-order valence-corrected chi connectivity index (χ1v) is 10.1. The van der Waals surface area contributed by atoms with Gasteiger partial charge in [0.05, 0.1) is 5.56 Å². The van der Waals surface area contributed by atoms with Crippen LogP contribution in [-0.2, 0) is 4.79 Å². The van der Waals surface area contributed by atoms with Gasteiger partial charge in [-0.05, 0) is 37.1 Å². The number of rotatable bonds is 6. The number of nitrogens with zero attached hydrogens (tertiary/aromatic N) is 2. The van der Waals surface area contributed by atoms with Gasteiger partial charge in [-0.3, -0.25) is 9.59 Å². The number of phenols is 1. The lowest BCUT2D eigenvalue weighted by atomic mass is 9.96. The second-order valence-electron chi connectivity index (χ2n) is 7.29. The Hall–Kier alpha value is -3.55. The molecule has 1 aromatic heterocycles. The van der Waals surface area contributed by atoms with Gasteiger partial charge in [-0.1, -0.05) is 24.3 Å². The van der Waals surface area contributed by atoms with Crippen LogP contribution in [0.25, 0.3) is 11.1 Å². The molecule has 2 amide bonds. The summed E-state index contributed by atoms with van der Waals surface area (Å²) in [5, 5.41) is 15.3. The fraction of sp³-hybridized carbons (Fsp3) is 0.318. The molecule has 1 aliphatic heterocycles. The molecule has 3 aromatic rings. The minimum absolute atomic E-state index is 0.0102. The van der Waals surface area contributed by atoms with Gasteiger partial charge in [-0.2, -0.15) is 4.98 Å². The number of benzene rings is 2. The maximum Gasteiger partial charge on any atom is 0.298 e. The van der Waals surface area contributed by atoms with Crippen LogP contribution in [0.2, 0.25) is 0 Å². The van der Waals surface area contributed by atoms with Crippen molar-refractivity contribution in [2.24, 2.45) is 5.92 Å². The standard InChI is InChI=1S/C22H24N4O4/c27-18-7-3-1-5-16(18)21(29)24-12-11-23-20(28)15-9-13-26(14-10-15)22-25-17-6-2-4-8-19(17)30-22/h1-8,15,27H,9-14H2,(H,23,28)(H,24,29). The maximum atomic E-state index is 12.4. The number of amides is 2. The largest absolute Gasteiger partial charge is 0.507 e. The third-order valence-corrected chi connectivity index (χ3v) is 5.28. The molecule has 0 unspecified atom stereocenters. The zero-order chi connectivity index (χ0) is 20.9. The third kappa shape index (κ3) is 4.37. The molecule has 156 valence electrons. The molecule has 0 spiro atoms. The van der Waals surface area contributed by atoms with E-state index in [0.29, 0.717) is 32.2 Å². The molecule has 2 heterocycles. The Labute approximate surface area is 173 Å². The summed E-state index contributed by atoms with van der Waals surface area (Å²) in [6.07, 6.45) is 1.43. The van der Waals surface area contributed by atoms with Gasteiger partial charge >= 0.3 is 0 Å². The lowest BCUT2D eigenvalue weighted by Gasteiger charge is -2.30. The second kappa shape index (κ2) is 8.86. The van der Waals surface area contributed by atoms with Crippen LogP contribution in [0.5, 0.6) is 5.75 Å². The molecule has 0 bridgehead atoms. The van der Waals surface area contributed by atoms with E-state index < -0.39 is 0 Å². The van der Waals surface area contributed by atoms with E-state index >= 15 is 0 Å². The quantitative estimate of drug-likeness (QED) is 0.540. The van der Waals surface area contributed by atoms with Gasteiger partial charge in [0.2, 0.25) is 5.91 Å². The molecule has 8 heteroatoms. The predicted molar refractivity (Wildman–Crippen MR) is 112 cm³/mol. The maximum absolute atomic E-state index is 12.4. The fourth-order valence-electron chi connectivity index (χ4n) is 3.60. The number of oxazole rings is 1. The smallest absolute Gasteiger partial charge is 0.298 e. The summed E-state index contributed by atoms with van der Waals surface area (Å²) in [4.78, 5) is 31.1. The van der Waals surface area contributed by atoms with Gasteiger partial charge < -0.3 is 25.1 Å². The number of nitrogens with one attached hydrogen (secondary N) is 2. The highest BCUT2D eigenvalue weighted by Gasteiger charge is 2.27. The monoisotopic (exact) mass is 408 g/mol. The summed E-state index contributed by atoms with van der Waals surface area (Å²) in [6, 6.07) is 14.6. The van der Waals surface area contributed by atoms with Crippen LogP contribution in [-0.4, -0.2) is 48.1 Å². The Kier molecular flexibility index (Phi) is 5.83. The number of hydrogen-bond donors (Lipinski definition) is 3. The molecule has 30 heavy (non-hydrogen) atoms.